The van der Waals surface area contributed by atoms with Crippen LogP contribution >= 0.6 is 11.6 Å². The summed E-state index contributed by atoms with van der Waals surface area (Å²) in [5, 5.41) is 15.6. The van der Waals surface area contributed by atoms with Gasteiger partial charge in [0, 0.05) is 44.2 Å². The number of aromatic nitrogens is 2. The minimum absolute atomic E-state index is 0.0290. The largest absolute Gasteiger partial charge is 0.369 e. The first kappa shape index (κ1) is 18.2. The lowest BCUT2D eigenvalue weighted by molar-refractivity contribution is -0.384. The van der Waals surface area contributed by atoms with Gasteiger partial charge in [-0.2, -0.15) is 4.98 Å². The van der Waals surface area contributed by atoms with Crippen LogP contribution in [0.25, 0.3) is 0 Å². The summed E-state index contributed by atoms with van der Waals surface area (Å²) < 4.78 is 5.34. The highest BCUT2D eigenvalue weighted by molar-refractivity contribution is 6.33. The SMILES string of the molecule is Cc1cc([N+](=O)[O-])cc(Cl)c1N1CCCN(Cc2noc(C3CC3)n2)CC1. The number of hydrogen-bond acceptors (Lipinski definition) is 7. The van der Waals surface area contributed by atoms with Gasteiger partial charge in [-0.15, -0.1) is 0 Å². The van der Waals surface area contributed by atoms with E-state index in [1.165, 1.54) is 6.07 Å². The van der Waals surface area contributed by atoms with Gasteiger partial charge in [-0.25, -0.2) is 0 Å². The fourth-order valence-corrected chi connectivity index (χ4v) is 3.99. The van der Waals surface area contributed by atoms with E-state index in [4.69, 9.17) is 16.1 Å². The van der Waals surface area contributed by atoms with E-state index in [1.807, 2.05) is 6.92 Å². The van der Waals surface area contributed by atoms with Crippen LogP contribution in [0.4, 0.5) is 11.4 Å². The molecule has 0 amide bonds. The first-order valence-corrected chi connectivity index (χ1v) is 9.63. The number of nitrogens with zero attached hydrogens (tertiary/aromatic N) is 5. The van der Waals surface area contributed by atoms with Crippen LogP contribution in [0, 0.1) is 17.0 Å². The van der Waals surface area contributed by atoms with Gasteiger partial charge in [-0.05, 0) is 31.7 Å². The molecule has 2 heterocycles. The van der Waals surface area contributed by atoms with E-state index in [2.05, 4.69) is 19.9 Å². The molecule has 2 aromatic rings. The van der Waals surface area contributed by atoms with Crippen LogP contribution in [0.15, 0.2) is 16.7 Å². The molecule has 4 rings (SSSR count). The highest BCUT2D eigenvalue weighted by Crippen LogP contribution is 2.39. The third-order valence-corrected chi connectivity index (χ3v) is 5.42. The predicted octanol–water partition coefficient (Wildman–Crippen LogP) is 3.53. The molecule has 1 aliphatic heterocycles. The Bertz CT molecular complexity index is 828. The quantitative estimate of drug-likeness (QED) is 0.569. The van der Waals surface area contributed by atoms with Crippen molar-refractivity contribution in [3.63, 3.8) is 0 Å². The number of aryl methyl sites for hydroxylation is 1. The zero-order valence-electron chi connectivity index (χ0n) is 15.2. The zero-order chi connectivity index (χ0) is 19.0. The summed E-state index contributed by atoms with van der Waals surface area (Å²) in [6, 6.07) is 3.02. The van der Waals surface area contributed by atoms with Gasteiger partial charge in [-0.3, -0.25) is 15.0 Å². The Labute approximate surface area is 162 Å². The molecule has 0 atom stereocenters. The Morgan fingerprint density at radius 2 is 2.11 bits per heavy atom. The van der Waals surface area contributed by atoms with E-state index in [0.29, 0.717) is 17.5 Å². The zero-order valence-corrected chi connectivity index (χ0v) is 16.0. The number of benzene rings is 1. The number of non-ortho nitro benzene ring substituents is 1. The Morgan fingerprint density at radius 1 is 1.30 bits per heavy atom. The van der Waals surface area contributed by atoms with Gasteiger partial charge in [-0.1, -0.05) is 16.8 Å². The number of anilines is 1. The van der Waals surface area contributed by atoms with E-state index in [9.17, 15) is 10.1 Å². The second kappa shape index (κ2) is 7.44. The molecule has 2 aliphatic rings. The Kier molecular flexibility index (Phi) is 5.01. The molecular formula is C18H22ClN5O3. The standard InChI is InChI=1S/C18H22ClN5O3/c1-12-9-14(24(25)26)10-15(19)17(12)23-6-2-5-22(7-8-23)11-16-20-18(27-21-16)13-3-4-13/h9-10,13H,2-8,11H2,1H3. The second-order valence-corrected chi connectivity index (χ2v) is 7.70. The van der Waals surface area contributed by atoms with E-state index in [-0.39, 0.29) is 5.69 Å². The van der Waals surface area contributed by atoms with Crippen molar-refractivity contribution in [2.45, 2.75) is 38.6 Å². The van der Waals surface area contributed by atoms with Gasteiger partial charge in [0.2, 0.25) is 5.89 Å². The van der Waals surface area contributed by atoms with E-state index < -0.39 is 4.92 Å². The van der Waals surface area contributed by atoms with E-state index in [0.717, 1.165) is 68.4 Å². The normalized spacial score (nSPS) is 18.5. The van der Waals surface area contributed by atoms with Crippen molar-refractivity contribution in [2.24, 2.45) is 0 Å². The molecule has 0 N–H and O–H groups in total. The summed E-state index contributed by atoms with van der Waals surface area (Å²) in [7, 11) is 0. The van der Waals surface area contributed by atoms with E-state index >= 15 is 0 Å². The minimum atomic E-state index is -0.409. The lowest BCUT2D eigenvalue weighted by Gasteiger charge is -2.26. The predicted molar refractivity (Wildman–Crippen MR) is 101 cm³/mol. The van der Waals surface area contributed by atoms with Crippen molar-refractivity contribution in [1.29, 1.82) is 0 Å². The summed E-state index contributed by atoms with van der Waals surface area (Å²) in [6.07, 6.45) is 3.27. The molecule has 0 bridgehead atoms. The molecule has 0 radical (unpaired) electrons. The highest BCUT2D eigenvalue weighted by atomic mass is 35.5. The Morgan fingerprint density at radius 3 is 2.81 bits per heavy atom. The van der Waals surface area contributed by atoms with Crippen LogP contribution in [0.2, 0.25) is 5.02 Å². The lowest BCUT2D eigenvalue weighted by Crippen LogP contribution is -2.31. The molecule has 1 saturated carbocycles. The van der Waals surface area contributed by atoms with Crippen LogP contribution < -0.4 is 4.90 Å². The third-order valence-electron chi connectivity index (χ3n) is 5.13. The summed E-state index contributed by atoms with van der Waals surface area (Å²) in [5.74, 6) is 1.99. The smallest absolute Gasteiger partial charge is 0.271 e. The van der Waals surface area contributed by atoms with Crippen LogP contribution in [0.3, 0.4) is 0 Å². The van der Waals surface area contributed by atoms with Crippen LogP contribution in [0.1, 0.15) is 42.5 Å². The molecule has 27 heavy (non-hydrogen) atoms. The lowest BCUT2D eigenvalue weighted by atomic mass is 10.1. The first-order valence-electron chi connectivity index (χ1n) is 9.25. The second-order valence-electron chi connectivity index (χ2n) is 7.29. The van der Waals surface area contributed by atoms with Gasteiger partial charge in [0.05, 0.1) is 22.2 Å². The number of nitro benzene ring substituents is 1. The molecule has 1 aromatic carbocycles. The van der Waals surface area contributed by atoms with Crippen LogP contribution in [0.5, 0.6) is 0 Å². The topological polar surface area (TPSA) is 88.5 Å². The summed E-state index contributed by atoms with van der Waals surface area (Å²) in [6.45, 7) is 5.99. The van der Waals surface area contributed by atoms with Crippen molar-refractivity contribution < 1.29 is 9.45 Å². The molecule has 0 spiro atoms. The molecule has 2 fully saturated rings. The average molecular weight is 392 g/mol. The van der Waals surface area contributed by atoms with E-state index in [1.54, 1.807) is 6.07 Å². The van der Waals surface area contributed by atoms with Crippen LogP contribution in [-0.2, 0) is 6.54 Å². The maximum absolute atomic E-state index is 11.0. The monoisotopic (exact) mass is 391 g/mol. The summed E-state index contributed by atoms with van der Waals surface area (Å²) >= 11 is 6.38. The van der Waals surface area contributed by atoms with Crippen molar-refractivity contribution in [3.05, 3.63) is 44.5 Å². The van der Waals surface area contributed by atoms with Gasteiger partial charge in [0.1, 0.15) is 0 Å². The number of halogens is 1. The van der Waals surface area contributed by atoms with Gasteiger partial charge >= 0.3 is 0 Å². The van der Waals surface area contributed by atoms with Gasteiger partial charge in [0.25, 0.3) is 5.69 Å². The first-order chi connectivity index (χ1) is 13.0. The highest BCUT2D eigenvalue weighted by Gasteiger charge is 2.30. The van der Waals surface area contributed by atoms with Crippen molar-refractivity contribution in [3.8, 4) is 0 Å². The van der Waals surface area contributed by atoms with Gasteiger partial charge < -0.3 is 9.42 Å². The Balaban J connectivity index is 1.42. The molecule has 0 unspecified atom stereocenters. The molecule has 8 nitrogen and oxygen atoms in total. The van der Waals surface area contributed by atoms with Crippen molar-refractivity contribution >= 4 is 23.0 Å². The van der Waals surface area contributed by atoms with Crippen molar-refractivity contribution in [1.82, 2.24) is 15.0 Å². The minimum Gasteiger partial charge on any atom is -0.369 e. The number of nitro groups is 1. The average Bonchev–Trinajstić information content (AvgIpc) is 3.40. The fourth-order valence-electron chi connectivity index (χ4n) is 3.60. The molecule has 1 aromatic heterocycles. The number of rotatable bonds is 5. The summed E-state index contributed by atoms with van der Waals surface area (Å²) in [4.78, 5) is 19.7. The third kappa shape index (κ3) is 4.06. The van der Waals surface area contributed by atoms with Crippen LogP contribution in [-0.4, -0.2) is 46.1 Å². The maximum Gasteiger partial charge on any atom is 0.271 e. The fraction of sp³-hybridized carbons (Fsp3) is 0.556. The molecule has 1 saturated heterocycles. The van der Waals surface area contributed by atoms with Gasteiger partial charge in [0.15, 0.2) is 5.82 Å². The Hall–Kier alpha value is -2.19. The molecular weight excluding hydrogens is 370 g/mol. The maximum atomic E-state index is 11.0. The van der Waals surface area contributed by atoms with Crippen molar-refractivity contribution in [2.75, 3.05) is 31.1 Å². The molecule has 1 aliphatic carbocycles. The molecule has 9 heteroatoms. The number of hydrogen-bond donors (Lipinski definition) is 0. The molecule has 144 valence electrons. The summed E-state index contributed by atoms with van der Waals surface area (Å²) in [5.41, 5.74) is 1.75.